The number of fused-ring (bicyclic) bond motifs is 1. The van der Waals surface area contributed by atoms with Crippen molar-refractivity contribution in [1.82, 2.24) is 20.2 Å². The first-order chi connectivity index (χ1) is 18.7. The van der Waals surface area contributed by atoms with Crippen LogP contribution < -0.4 is 10.2 Å². The van der Waals surface area contributed by atoms with Crippen molar-refractivity contribution >= 4 is 22.6 Å². The van der Waals surface area contributed by atoms with Crippen molar-refractivity contribution in [3.63, 3.8) is 0 Å². The number of ether oxygens (including phenoxy) is 1. The number of furan rings is 1. The van der Waals surface area contributed by atoms with Crippen molar-refractivity contribution in [2.24, 2.45) is 0 Å². The van der Waals surface area contributed by atoms with Crippen LogP contribution in [0.15, 0.2) is 77.4 Å². The molecule has 1 saturated heterocycles. The van der Waals surface area contributed by atoms with Crippen LogP contribution in [-0.4, -0.2) is 66.7 Å². The molecule has 2 aromatic carbocycles. The number of nitrogens with one attached hydrogen (secondary N) is 1. The van der Waals surface area contributed by atoms with Gasteiger partial charge in [-0.25, -0.2) is 9.97 Å². The second-order valence-corrected chi connectivity index (χ2v) is 9.61. The molecule has 0 aliphatic carbocycles. The van der Waals surface area contributed by atoms with E-state index in [9.17, 15) is 4.79 Å². The second kappa shape index (κ2) is 12.7. The Balaban J connectivity index is 1.35. The van der Waals surface area contributed by atoms with Crippen LogP contribution in [0.3, 0.4) is 0 Å². The monoisotopic (exact) mass is 513 g/mol. The third-order valence-electron chi connectivity index (χ3n) is 6.92. The first-order valence-corrected chi connectivity index (χ1v) is 13.4. The van der Waals surface area contributed by atoms with E-state index in [1.54, 1.807) is 6.26 Å². The van der Waals surface area contributed by atoms with E-state index >= 15 is 0 Å². The molecule has 0 spiro atoms. The smallest absolute Gasteiger partial charge is 0.222 e. The number of anilines is 1. The van der Waals surface area contributed by atoms with Gasteiger partial charge in [-0.05, 0) is 43.2 Å². The molecule has 8 heteroatoms. The van der Waals surface area contributed by atoms with Gasteiger partial charge in [0.15, 0.2) is 11.6 Å². The number of carbonyl (C=O) groups is 1. The lowest BCUT2D eigenvalue weighted by Crippen LogP contribution is -2.39. The molecule has 5 rings (SSSR count). The summed E-state index contributed by atoms with van der Waals surface area (Å²) in [7, 11) is 0. The topological polar surface area (TPSA) is 83.7 Å². The minimum absolute atomic E-state index is 0.0177. The first-order valence-electron chi connectivity index (χ1n) is 13.4. The van der Waals surface area contributed by atoms with Gasteiger partial charge in [-0.3, -0.25) is 9.69 Å². The lowest BCUT2D eigenvalue weighted by atomic mass is 10.1. The molecule has 1 aliphatic heterocycles. The minimum Gasteiger partial charge on any atom is -0.461 e. The van der Waals surface area contributed by atoms with Gasteiger partial charge in [0.1, 0.15) is 5.82 Å². The van der Waals surface area contributed by atoms with Crippen molar-refractivity contribution in [3.8, 4) is 11.6 Å². The summed E-state index contributed by atoms with van der Waals surface area (Å²) in [5.41, 5.74) is 1.94. The predicted octanol–water partition coefficient (Wildman–Crippen LogP) is 4.69. The molecule has 8 nitrogen and oxygen atoms in total. The van der Waals surface area contributed by atoms with Crippen LogP contribution in [0.25, 0.3) is 22.5 Å². The van der Waals surface area contributed by atoms with E-state index in [0.717, 1.165) is 68.1 Å². The van der Waals surface area contributed by atoms with Crippen LogP contribution in [0.2, 0.25) is 0 Å². The molecule has 1 aliphatic rings. The molecule has 0 saturated carbocycles. The van der Waals surface area contributed by atoms with Crippen molar-refractivity contribution in [1.29, 1.82) is 0 Å². The molecule has 198 valence electrons. The molecule has 38 heavy (non-hydrogen) atoms. The summed E-state index contributed by atoms with van der Waals surface area (Å²) < 4.78 is 11.1. The van der Waals surface area contributed by atoms with E-state index in [1.165, 1.54) is 0 Å². The number of rotatable bonds is 11. The quantitative estimate of drug-likeness (QED) is 0.312. The maximum atomic E-state index is 13.0. The fourth-order valence-electron chi connectivity index (χ4n) is 4.83. The maximum absolute atomic E-state index is 13.0. The Morgan fingerprint density at radius 3 is 2.58 bits per heavy atom. The van der Waals surface area contributed by atoms with Crippen LogP contribution in [-0.2, 0) is 9.53 Å². The highest BCUT2D eigenvalue weighted by atomic mass is 16.5. The van der Waals surface area contributed by atoms with Gasteiger partial charge < -0.3 is 19.4 Å². The Bertz CT molecular complexity index is 1310. The highest BCUT2D eigenvalue weighted by Gasteiger charge is 2.19. The largest absolute Gasteiger partial charge is 0.461 e. The molecule has 1 N–H and O–H groups in total. The molecule has 0 radical (unpaired) electrons. The molecular formula is C30H35N5O3. The summed E-state index contributed by atoms with van der Waals surface area (Å²) in [6, 6.07) is 21.7. The molecular weight excluding hydrogens is 478 g/mol. The Kier molecular flexibility index (Phi) is 8.63. The van der Waals surface area contributed by atoms with E-state index in [-0.39, 0.29) is 11.9 Å². The lowest BCUT2D eigenvalue weighted by Gasteiger charge is -2.29. The van der Waals surface area contributed by atoms with Gasteiger partial charge >= 0.3 is 0 Å². The number of para-hydroxylation sites is 1. The van der Waals surface area contributed by atoms with Crippen LogP contribution in [0.4, 0.5) is 5.82 Å². The van der Waals surface area contributed by atoms with Gasteiger partial charge in [0.25, 0.3) is 0 Å². The number of hydrogen-bond donors (Lipinski definition) is 1. The number of benzene rings is 2. The first kappa shape index (κ1) is 25.9. The van der Waals surface area contributed by atoms with Crippen molar-refractivity contribution in [2.75, 3.05) is 50.8 Å². The Labute approximate surface area is 223 Å². The van der Waals surface area contributed by atoms with Gasteiger partial charge in [-0.1, -0.05) is 42.5 Å². The summed E-state index contributed by atoms with van der Waals surface area (Å²) >= 11 is 0. The van der Waals surface area contributed by atoms with E-state index in [4.69, 9.17) is 19.1 Å². The standard InChI is InChI=1S/C30H35N5O3/c1-23(24-9-3-2-4-10-24)31-28(36)14-17-35(16-8-15-34-18-21-37-22-19-34)30-25-11-5-6-12-26(25)32-29(33-30)27-13-7-20-38-27/h2-7,9-13,20,23H,8,14-19,21-22H2,1H3,(H,31,36)/t23-/m1/s1. The van der Waals surface area contributed by atoms with Crippen molar-refractivity contribution in [2.45, 2.75) is 25.8 Å². The SMILES string of the molecule is C[C@@H](NC(=O)CCN(CCCN1CCOCC1)c1nc(-c2ccco2)nc2ccccc12)c1ccccc1. The zero-order valence-corrected chi connectivity index (χ0v) is 21.9. The number of nitrogens with zero attached hydrogens (tertiary/aromatic N) is 4. The highest BCUT2D eigenvalue weighted by molar-refractivity contribution is 5.91. The van der Waals surface area contributed by atoms with Gasteiger partial charge in [0.2, 0.25) is 5.91 Å². The van der Waals surface area contributed by atoms with Crippen LogP contribution in [0.1, 0.15) is 31.4 Å². The Morgan fingerprint density at radius 2 is 1.79 bits per heavy atom. The molecule has 2 aromatic heterocycles. The van der Waals surface area contributed by atoms with Crippen LogP contribution >= 0.6 is 0 Å². The minimum atomic E-state index is -0.0519. The number of carbonyl (C=O) groups excluding carboxylic acids is 1. The van der Waals surface area contributed by atoms with Gasteiger partial charge in [0.05, 0.1) is 31.0 Å². The fourth-order valence-corrected chi connectivity index (χ4v) is 4.83. The number of aromatic nitrogens is 2. The lowest BCUT2D eigenvalue weighted by molar-refractivity contribution is -0.121. The molecule has 1 atom stereocenters. The second-order valence-electron chi connectivity index (χ2n) is 9.61. The van der Waals surface area contributed by atoms with Crippen LogP contribution in [0, 0.1) is 0 Å². The average molecular weight is 514 g/mol. The summed E-state index contributed by atoms with van der Waals surface area (Å²) in [5.74, 6) is 2.01. The van der Waals surface area contributed by atoms with Crippen molar-refractivity contribution < 1.29 is 13.9 Å². The molecule has 0 bridgehead atoms. The Morgan fingerprint density at radius 1 is 1.00 bits per heavy atom. The molecule has 4 aromatic rings. The molecule has 3 heterocycles. The normalized spacial score (nSPS) is 14.9. The average Bonchev–Trinajstić information content (AvgIpc) is 3.51. The number of morpholine rings is 1. The van der Waals surface area contributed by atoms with Crippen molar-refractivity contribution in [3.05, 3.63) is 78.6 Å². The van der Waals surface area contributed by atoms with Gasteiger partial charge in [-0.2, -0.15) is 0 Å². The fraction of sp³-hybridized carbons (Fsp3) is 0.367. The highest BCUT2D eigenvalue weighted by Crippen LogP contribution is 2.28. The predicted molar refractivity (Wildman–Crippen MR) is 149 cm³/mol. The van der Waals surface area contributed by atoms with E-state index in [0.29, 0.717) is 24.6 Å². The number of hydrogen-bond acceptors (Lipinski definition) is 7. The number of amides is 1. The Hall–Kier alpha value is -3.75. The molecule has 0 unspecified atom stereocenters. The summed E-state index contributed by atoms with van der Waals surface area (Å²) in [6.45, 7) is 7.80. The molecule has 1 amide bonds. The summed E-state index contributed by atoms with van der Waals surface area (Å²) in [5, 5.41) is 4.11. The van der Waals surface area contributed by atoms with E-state index in [1.807, 2.05) is 73.7 Å². The van der Waals surface area contributed by atoms with Crippen LogP contribution in [0.5, 0.6) is 0 Å². The van der Waals surface area contributed by atoms with Gasteiger partial charge in [0, 0.05) is 44.5 Å². The van der Waals surface area contributed by atoms with E-state index < -0.39 is 0 Å². The summed E-state index contributed by atoms with van der Waals surface area (Å²) in [6.07, 6.45) is 2.95. The maximum Gasteiger partial charge on any atom is 0.222 e. The van der Waals surface area contributed by atoms with E-state index in [2.05, 4.69) is 15.1 Å². The van der Waals surface area contributed by atoms with Gasteiger partial charge in [-0.15, -0.1) is 0 Å². The third-order valence-corrected chi connectivity index (χ3v) is 6.92. The zero-order chi connectivity index (χ0) is 26.2. The summed E-state index contributed by atoms with van der Waals surface area (Å²) in [4.78, 5) is 27.4. The molecule has 1 fully saturated rings. The third kappa shape index (κ3) is 6.57. The zero-order valence-electron chi connectivity index (χ0n) is 21.9.